The number of hydrogen-bond acceptors (Lipinski definition) is 4. The predicted molar refractivity (Wildman–Crippen MR) is 177 cm³/mol. The molecular formula is C33H32Cl3N3O4S. The van der Waals surface area contributed by atoms with Gasteiger partial charge < -0.3 is 10.2 Å². The average molecular weight is 673 g/mol. The van der Waals surface area contributed by atoms with E-state index in [-0.39, 0.29) is 39.5 Å². The number of likely N-dealkylation sites (N-methyl/N-ethyl adjacent to an activating group) is 1. The summed E-state index contributed by atoms with van der Waals surface area (Å²) in [6, 6.07) is 26.1. The van der Waals surface area contributed by atoms with Crippen LogP contribution in [0.5, 0.6) is 0 Å². The molecule has 2 amide bonds. The molecule has 230 valence electrons. The molecule has 0 saturated carbocycles. The Hall–Kier alpha value is -3.56. The van der Waals surface area contributed by atoms with Gasteiger partial charge in [-0.1, -0.05) is 101 Å². The average Bonchev–Trinajstić information content (AvgIpc) is 3.01. The highest BCUT2D eigenvalue weighted by Gasteiger charge is 2.35. The fraction of sp³-hybridized carbons (Fsp3) is 0.212. The van der Waals surface area contributed by atoms with Crippen LogP contribution in [-0.4, -0.2) is 44.3 Å². The molecule has 0 radical (unpaired) electrons. The Labute approximate surface area is 273 Å². The van der Waals surface area contributed by atoms with E-state index in [0.717, 1.165) is 15.4 Å². The van der Waals surface area contributed by atoms with Gasteiger partial charge in [-0.15, -0.1) is 0 Å². The van der Waals surface area contributed by atoms with Crippen LogP contribution in [-0.2, 0) is 32.6 Å². The second-order valence-electron chi connectivity index (χ2n) is 10.1. The van der Waals surface area contributed by atoms with Gasteiger partial charge >= 0.3 is 0 Å². The monoisotopic (exact) mass is 671 g/mol. The Morgan fingerprint density at radius 1 is 0.818 bits per heavy atom. The van der Waals surface area contributed by atoms with Crippen molar-refractivity contribution in [3.05, 3.63) is 129 Å². The minimum atomic E-state index is -4.31. The molecule has 0 aliphatic rings. The molecule has 1 N–H and O–H groups in total. The van der Waals surface area contributed by atoms with Crippen LogP contribution in [0.1, 0.15) is 23.6 Å². The molecule has 4 aromatic carbocycles. The number of carbonyl (C=O) groups is 2. The van der Waals surface area contributed by atoms with Crippen molar-refractivity contribution < 1.29 is 18.0 Å². The molecule has 0 unspecified atom stereocenters. The van der Waals surface area contributed by atoms with Crippen molar-refractivity contribution in [1.82, 2.24) is 10.2 Å². The van der Waals surface area contributed by atoms with Crippen LogP contribution in [0.15, 0.2) is 102 Å². The normalized spacial score (nSPS) is 11.9. The zero-order valence-electron chi connectivity index (χ0n) is 24.2. The third kappa shape index (κ3) is 8.12. The molecule has 0 aliphatic heterocycles. The summed E-state index contributed by atoms with van der Waals surface area (Å²) in [5.74, 6) is -0.980. The Kier molecular flexibility index (Phi) is 11.3. The zero-order chi connectivity index (χ0) is 31.9. The van der Waals surface area contributed by atoms with Crippen LogP contribution in [0.25, 0.3) is 0 Å². The topological polar surface area (TPSA) is 86.8 Å². The van der Waals surface area contributed by atoms with Gasteiger partial charge in [0.15, 0.2) is 0 Å². The van der Waals surface area contributed by atoms with Gasteiger partial charge in [0.2, 0.25) is 11.8 Å². The van der Waals surface area contributed by atoms with E-state index in [4.69, 9.17) is 34.8 Å². The molecule has 0 heterocycles. The minimum absolute atomic E-state index is 0.0202. The number of carbonyl (C=O) groups excluding carboxylic acids is 2. The molecule has 7 nitrogen and oxygen atoms in total. The quantitative estimate of drug-likeness (QED) is 0.177. The van der Waals surface area contributed by atoms with Crippen LogP contribution < -0.4 is 9.62 Å². The first kappa shape index (κ1) is 33.3. The number of amides is 2. The third-order valence-electron chi connectivity index (χ3n) is 6.98. The summed E-state index contributed by atoms with van der Waals surface area (Å²) in [6.45, 7) is 3.36. The summed E-state index contributed by atoms with van der Waals surface area (Å²) in [5.41, 5.74) is 2.45. The second-order valence-corrected chi connectivity index (χ2v) is 13.2. The summed E-state index contributed by atoms with van der Waals surface area (Å²) in [4.78, 5) is 29.3. The lowest BCUT2D eigenvalue weighted by Gasteiger charge is -2.34. The maximum absolute atomic E-state index is 14.4. The summed E-state index contributed by atoms with van der Waals surface area (Å²) < 4.78 is 29.2. The van der Waals surface area contributed by atoms with E-state index >= 15 is 0 Å². The number of hydrogen-bond donors (Lipinski definition) is 1. The summed E-state index contributed by atoms with van der Waals surface area (Å²) >= 11 is 18.9. The number of sulfonamides is 1. The number of nitrogens with one attached hydrogen (secondary N) is 1. The Balaban J connectivity index is 1.82. The zero-order valence-corrected chi connectivity index (χ0v) is 27.3. The Bertz CT molecular complexity index is 1700. The maximum atomic E-state index is 14.4. The standard InChI is InChI=1S/C33H32Cl3N3O4S/c1-3-37-33(41)30(20-24-8-5-4-6-9-24)38(21-25-14-16-26(34)17-15-25)31(40)22-39(29-11-7-10-28(35)32(29)36)44(42,43)27-18-12-23(2)13-19-27/h4-19,30H,3,20-22H2,1-2H3,(H,37,41)/t30-/m1/s1. The van der Waals surface area contributed by atoms with Crippen molar-refractivity contribution in [2.75, 3.05) is 17.4 Å². The maximum Gasteiger partial charge on any atom is 0.264 e. The van der Waals surface area contributed by atoms with Crippen LogP contribution in [0, 0.1) is 6.92 Å². The summed E-state index contributed by atoms with van der Waals surface area (Å²) in [6.07, 6.45) is 0.203. The molecule has 44 heavy (non-hydrogen) atoms. The molecule has 11 heteroatoms. The van der Waals surface area contributed by atoms with E-state index in [1.165, 1.54) is 29.2 Å². The van der Waals surface area contributed by atoms with Gasteiger partial charge in [-0.3, -0.25) is 13.9 Å². The predicted octanol–water partition coefficient (Wildman–Crippen LogP) is 6.93. The molecule has 0 aliphatic carbocycles. The van der Waals surface area contributed by atoms with Crippen molar-refractivity contribution in [2.24, 2.45) is 0 Å². The first-order valence-corrected chi connectivity index (χ1v) is 16.5. The smallest absolute Gasteiger partial charge is 0.264 e. The lowest BCUT2D eigenvalue weighted by molar-refractivity contribution is -0.140. The van der Waals surface area contributed by atoms with Gasteiger partial charge in [0, 0.05) is 24.5 Å². The lowest BCUT2D eigenvalue weighted by Crippen LogP contribution is -2.53. The van der Waals surface area contributed by atoms with Crippen molar-refractivity contribution in [3.8, 4) is 0 Å². The number of rotatable bonds is 12. The first-order valence-electron chi connectivity index (χ1n) is 13.9. The number of halogens is 3. The van der Waals surface area contributed by atoms with Gasteiger partial charge in [-0.05, 0) is 61.4 Å². The first-order chi connectivity index (χ1) is 21.0. The van der Waals surface area contributed by atoms with Gasteiger partial charge in [0.1, 0.15) is 12.6 Å². The lowest BCUT2D eigenvalue weighted by atomic mass is 10.0. The van der Waals surface area contributed by atoms with Crippen LogP contribution in [0.4, 0.5) is 5.69 Å². The molecule has 0 saturated heterocycles. The van der Waals surface area contributed by atoms with E-state index in [1.54, 1.807) is 49.4 Å². The van der Waals surface area contributed by atoms with Gasteiger partial charge in [0.05, 0.1) is 20.6 Å². The summed E-state index contributed by atoms with van der Waals surface area (Å²) in [5, 5.41) is 3.46. The Morgan fingerprint density at radius 3 is 2.11 bits per heavy atom. The highest BCUT2D eigenvalue weighted by atomic mass is 35.5. The highest BCUT2D eigenvalue weighted by molar-refractivity contribution is 7.92. The van der Waals surface area contributed by atoms with Crippen molar-refractivity contribution in [2.45, 2.75) is 37.8 Å². The van der Waals surface area contributed by atoms with Gasteiger partial charge in [0.25, 0.3) is 10.0 Å². The van der Waals surface area contributed by atoms with E-state index < -0.39 is 28.5 Å². The molecular weight excluding hydrogens is 641 g/mol. The molecule has 0 spiro atoms. The van der Waals surface area contributed by atoms with Gasteiger partial charge in [-0.25, -0.2) is 8.42 Å². The fourth-order valence-electron chi connectivity index (χ4n) is 4.67. The Morgan fingerprint density at radius 2 is 1.48 bits per heavy atom. The van der Waals surface area contributed by atoms with Crippen molar-refractivity contribution >= 4 is 62.3 Å². The van der Waals surface area contributed by atoms with Crippen LogP contribution in [0.2, 0.25) is 15.1 Å². The van der Waals surface area contributed by atoms with E-state index in [1.807, 2.05) is 37.3 Å². The van der Waals surface area contributed by atoms with Crippen molar-refractivity contribution in [3.63, 3.8) is 0 Å². The van der Waals surface area contributed by atoms with Crippen LogP contribution in [0.3, 0.4) is 0 Å². The van der Waals surface area contributed by atoms with E-state index in [9.17, 15) is 18.0 Å². The van der Waals surface area contributed by atoms with Crippen LogP contribution >= 0.6 is 34.8 Å². The minimum Gasteiger partial charge on any atom is -0.355 e. The molecule has 1 atom stereocenters. The number of nitrogens with zero attached hydrogens (tertiary/aromatic N) is 2. The molecule has 0 fully saturated rings. The number of benzene rings is 4. The van der Waals surface area contributed by atoms with Crippen molar-refractivity contribution in [1.29, 1.82) is 0 Å². The van der Waals surface area contributed by atoms with Gasteiger partial charge in [-0.2, -0.15) is 0 Å². The number of anilines is 1. The SMILES string of the molecule is CCNC(=O)[C@@H](Cc1ccccc1)N(Cc1ccc(Cl)cc1)C(=O)CN(c1cccc(Cl)c1Cl)S(=O)(=O)c1ccc(C)cc1. The highest BCUT2D eigenvalue weighted by Crippen LogP contribution is 2.35. The largest absolute Gasteiger partial charge is 0.355 e. The second kappa shape index (κ2) is 14.9. The fourth-order valence-corrected chi connectivity index (χ4v) is 6.67. The molecule has 0 bridgehead atoms. The third-order valence-corrected chi connectivity index (χ3v) is 9.81. The summed E-state index contributed by atoms with van der Waals surface area (Å²) in [7, 11) is -4.31. The molecule has 4 rings (SSSR count). The molecule has 4 aromatic rings. The molecule has 0 aromatic heterocycles. The van der Waals surface area contributed by atoms with E-state index in [2.05, 4.69) is 5.32 Å². The van der Waals surface area contributed by atoms with E-state index in [0.29, 0.717) is 17.1 Å². The number of aryl methyl sites for hydroxylation is 1.